The molecule has 0 heterocycles. The van der Waals surface area contributed by atoms with E-state index >= 15 is 0 Å². The Kier molecular flexibility index (Phi) is 4.03. The quantitative estimate of drug-likeness (QED) is 0.563. The molecule has 1 aromatic carbocycles. The normalized spacial score (nSPS) is 10.1. The molecule has 0 N–H and O–H groups in total. The van der Waals surface area contributed by atoms with E-state index in [4.69, 9.17) is 0 Å². The van der Waals surface area contributed by atoms with E-state index < -0.39 is 11.9 Å². The highest BCUT2D eigenvalue weighted by molar-refractivity contribution is 5.96. The van der Waals surface area contributed by atoms with Gasteiger partial charge in [-0.3, -0.25) is 4.79 Å². The number of benzene rings is 1. The highest BCUT2D eigenvalue weighted by atomic mass is 16.6. The van der Waals surface area contributed by atoms with Gasteiger partial charge in [0.2, 0.25) is 0 Å². The smallest absolute Gasteiger partial charge is 0.345 e. The second-order valence-electron chi connectivity index (χ2n) is 3.73. The molecule has 0 radical (unpaired) electrons. The first-order valence-electron chi connectivity index (χ1n) is 4.89. The van der Waals surface area contributed by atoms with E-state index in [2.05, 4.69) is 4.74 Å². The Labute approximate surface area is 89.1 Å². The van der Waals surface area contributed by atoms with E-state index in [0.29, 0.717) is 5.56 Å². The molecule has 0 atom stereocenters. The fourth-order valence-corrected chi connectivity index (χ4v) is 1.11. The number of carbonyl (C=O) groups is 2. The van der Waals surface area contributed by atoms with Gasteiger partial charge in [-0.25, -0.2) is 4.79 Å². The molecular formula is C12H14O3. The summed E-state index contributed by atoms with van der Waals surface area (Å²) in [6.07, 6.45) is 0.262. The molecule has 0 saturated carbocycles. The molecule has 0 amide bonds. The lowest BCUT2D eigenvalue weighted by molar-refractivity contribution is -0.138. The van der Waals surface area contributed by atoms with Gasteiger partial charge < -0.3 is 4.74 Å². The lowest BCUT2D eigenvalue weighted by Crippen LogP contribution is -2.14. The summed E-state index contributed by atoms with van der Waals surface area (Å²) >= 11 is 0. The summed E-state index contributed by atoms with van der Waals surface area (Å²) in [6.45, 7) is 3.79. The van der Waals surface area contributed by atoms with Crippen molar-refractivity contribution in [1.29, 1.82) is 0 Å². The van der Waals surface area contributed by atoms with Crippen LogP contribution < -0.4 is 0 Å². The van der Waals surface area contributed by atoms with E-state index in [1.165, 1.54) is 0 Å². The molecule has 1 aromatic rings. The van der Waals surface area contributed by atoms with E-state index in [-0.39, 0.29) is 12.3 Å². The van der Waals surface area contributed by atoms with E-state index in [0.717, 1.165) is 0 Å². The Balaban J connectivity index is 2.53. The van der Waals surface area contributed by atoms with Gasteiger partial charge in [-0.15, -0.1) is 0 Å². The summed E-state index contributed by atoms with van der Waals surface area (Å²) in [5, 5.41) is 0. The highest BCUT2D eigenvalue weighted by Gasteiger charge is 2.13. The van der Waals surface area contributed by atoms with Crippen LogP contribution in [-0.2, 0) is 9.53 Å². The number of hydrogen-bond donors (Lipinski definition) is 0. The molecule has 0 aliphatic heterocycles. The molecule has 3 nitrogen and oxygen atoms in total. The van der Waals surface area contributed by atoms with Crippen molar-refractivity contribution in [3.63, 3.8) is 0 Å². The fourth-order valence-electron chi connectivity index (χ4n) is 1.11. The van der Waals surface area contributed by atoms with Crippen molar-refractivity contribution in [2.45, 2.75) is 20.3 Å². The number of hydrogen-bond acceptors (Lipinski definition) is 3. The van der Waals surface area contributed by atoms with Crippen LogP contribution >= 0.6 is 0 Å². The Morgan fingerprint density at radius 2 is 1.80 bits per heavy atom. The first-order valence-corrected chi connectivity index (χ1v) is 4.89. The Morgan fingerprint density at radius 1 is 1.20 bits per heavy atom. The predicted octanol–water partition coefficient (Wildman–Crippen LogP) is 2.42. The molecule has 80 valence electrons. The molecule has 0 aromatic heterocycles. The first kappa shape index (κ1) is 11.4. The standard InChI is InChI=1S/C12H14O3/c1-9(2)8-11(13)15-12(14)10-6-4-3-5-7-10/h3-7,9H,8H2,1-2H3. The monoisotopic (exact) mass is 206 g/mol. The average molecular weight is 206 g/mol. The Bertz CT molecular complexity index is 341. The molecular weight excluding hydrogens is 192 g/mol. The van der Waals surface area contributed by atoms with Crippen molar-refractivity contribution in [3.8, 4) is 0 Å². The maximum absolute atomic E-state index is 11.4. The summed E-state index contributed by atoms with van der Waals surface area (Å²) in [4.78, 5) is 22.6. The number of ether oxygens (including phenoxy) is 1. The van der Waals surface area contributed by atoms with Gasteiger partial charge >= 0.3 is 11.9 Å². The molecule has 0 saturated heterocycles. The van der Waals surface area contributed by atoms with Crippen molar-refractivity contribution >= 4 is 11.9 Å². The van der Waals surface area contributed by atoms with Gasteiger partial charge in [0.15, 0.2) is 0 Å². The van der Waals surface area contributed by atoms with E-state index in [1.807, 2.05) is 13.8 Å². The van der Waals surface area contributed by atoms with Gasteiger partial charge in [-0.2, -0.15) is 0 Å². The highest BCUT2D eigenvalue weighted by Crippen LogP contribution is 2.05. The number of rotatable bonds is 3. The number of carbonyl (C=O) groups excluding carboxylic acids is 2. The molecule has 3 heteroatoms. The van der Waals surface area contributed by atoms with Gasteiger partial charge in [0.25, 0.3) is 0 Å². The van der Waals surface area contributed by atoms with Crippen LogP contribution in [0.3, 0.4) is 0 Å². The van der Waals surface area contributed by atoms with Crippen LogP contribution in [0, 0.1) is 5.92 Å². The van der Waals surface area contributed by atoms with Crippen LogP contribution in [0.5, 0.6) is 0 Å². The Hall–Kier alpha value is -1.64. The van der Waals surface area contributed by atoms with Crippen molar-refractivity contribution in [2.24, 2.45) is 5.92 Å². The average Bonchev–Trinajstić information content (AvgIpc) is 2.17. The van der Waals surface area contributed by atoms with Crippen LogP contribution in [0.1, 0.15) is 30.6 Å². The maximum Gasteiger partial charge on any atom is 0.345 e. The molecule has 0 aliphatic carbocycles. The topological polar surface area (TPSA) is 43.4 Å². The largest absolute Gasteiger partial charge is 0.389 e. The van der Waals surface area contributed by atoms with Gasteiger partial charge in [0.1, 0.15) is 0 Å². The summed E-state index contributed by atoms with van der Waals surface area (Å²) in [6, 6.07) is 8.48. The first-order chi connectivity index (χ1) is 7.09. The third kappa shape index (κ3) is 3.94. The second kappa shape index (κ2) is 5.29. The van der Waals surface area contributed by atoms with Crippen LogP contribution in [-0.4, -0.2) is 11.9 Å². The maximum atomic E-state index is 11.4. The zero-order valence-corrected chi connectivity index (χ0v) is 8.90. The zero-order chi connectivity index (χ0) is 11.3. The van der Waals surface area contributed by atoms with E-state index in [1.54, 1.807) is 30.3 Å². The van der Waals surface area contributed by atoms with Gasteiger partial charge in [-0.05, 0) is 18.1 Å². The minimum Gasteiger partial charge on any atom is -0.389 e. The van der Waals surface area contributed by atoms with Gasteiger partial charge in [0, 0.05) is 6.42 Å². The Morgan fingerprint density at radius 3 is 2.33 bits per heavy atom. The van der Waals surface area contributed by atoms with E-state index in [9.17, 15) is 9.59 Å². The van der Waals surface area contributed by atoms with Crippen LogP contribution in [0.15, 0.2) is 30.3 Å². The van der Waals surface area contributed by atoms with Gasteiger partial charge in [0.05, 0.1) is 5.56 Å². The third-order valence-corrected chi connectivity index (χ3v) is 1.79. The number of esters is 2. The van der Waals surface area contributed by atoms with Crippen molar-refractivity contribution in [3.05, 3.63) is 35.9 Å². The third-order valence-electron chi connectivity index (χ3n) is 1.79. The molecule has 0 aliphatic rings. The molecule has 0 bridgehead atoms. The zero-order valence-electron chi connectivity index (χ0n) is 8.90. The summed E-state index contributed by atoms with van der Waals surface area (Å²) in [5.74, 6) is -0.860. The molecule has 0 fully saturated rings. The van der Waals surface area contributed by atoms with Gasteiger partial charge in [-0.1, -0.05) is 32.0 Å². The lowest BCUT2D eigenvalue weighted by Gasteiger charge is -2.04. The SMILES string of the molecule is CC(C)CC(=O)OC(=O)c1ccccc1. The summed E-state index contributed by atoms with van der Waals surface area (Å²) in [7, 11) is 0. The lowest BCUT2D eigenvalue weighted by atomic mass is 10.1. The predicted molar refractivity (Wildman–Crippen MR) is 56.3 cm³/mol. The minimum absolute atomic E-state index is 0.195. The molecule has 1 rings (SSSR count). The van der Waals surface area contributed by atoms with Crippen LogP contribution in [0.4, 0.5) is 0 Å². The summed E-state index contributed by atoms with van der Waals surface area (Å²) in [5.41, 5.74) is 0.398. The second-order valence-corrected chi connectivity index (χ2v) is 3.73. The minimum atomic E-state index is -0.582. The van der Waals surface area contributed by atoms with Crippen molar-refractivity contribution in [2.75, 3.05) is 0 Å². The van der Waals surface area contributed by atoms with Crippen molar-refractivity contribution < 1.29 is 14.3 Å². The fraction of sp³-hybridized carbons (Fsp3) is 0.333. The molecule has 0 unspecified atom stereocenters. The molecule has 0 spiro atoms. The molecule has 15 heavy (non-hydrogen) atoms. The van der Waals surface area contributed by atoms with Crippen LogP contribution in [0.25, 0.3) is 0 Å². The summed E-state index contributed by atoms with van der Waals surface area (Å²) < 4.78 is 4.67. The van der Waals surface area contributed by atoms with Crippen LogP contribution in [0.2, 0.25) is 0 Å². The van der Waals surface area contributed by atoms with Crippen molar-refractivity contribution in [1.82, 2.24) is 0 Å².